The summed E-state index contributed by atoms with van der Waals surface area (Å²) in [4.78, 5) is 2.24. The molecule has 0 bridgehead atoms. The van der Waals surface area contributed by atoms with Crippen LogP contribution in [-0.2, 0) is 6.54 Å². The largest absolute Gasteiger partial charge is 0.504 e. The molecule has 0 atom stereocenters. The highest BCUT2D eigenvalue weighted by Gasteiger charge is 2.15. The molecule has 0 amide bonds. The van der Waals surface area contributed by atoms with Gasteiger partial charge in [0.25, 0.3) is 0 Å². The number of ether oxygens (including phenoxy) is 4. The van der Waals surface area contributed by atoms with Crippen molar-refractivity contribution in [3.63, 3.8) is 0 Å². The molecule has 2 rings (SSSR count). The summed E-state index contributed by atoms with van der Waals surface area (Å²) in [5.41, 5.74) is 2.64. The van der Waals surface area contributed by atoms with E-state index in [1.807, 2.05) is 30.4 Å². The Kier molecular flexibility index (Phi) is 8.21. The smallest absolute Gasteiger partial charge is 0.203 e. The zero-order chi connectivity index (χ0) is 21.4. The molecule has 0 spiro atoms. The molecule has 6 heteroatoms. The number of nitrogens with zero attached hydrogens (tertiary/aromatic N) is 1. The topological polar surface area (TPSA) is 60.4 Å². The molecular weight excluding hydrogens is 370 g/mol. The third-order valence-electron chi connectivity index (χ3n) is 4.92. The molecule has 6 nitrogen and oxygen atoms in total. The maximum atomic E-state index is 10.7. The predicted octanol–water partition coefficient (Wildman–Crippen LogP) is 4.44. The summed E-state index contributed by atoms with van der Waals surface area (Å²) < 4.78 is 21.5. The zero-order valence-corrected chi connectivity index (χ0v) is 18.1. The van der Waals surface area contributed by atoms with Gasteiger partial charge in [0.2, 0.25) is 5.75 Å². The summed E-state index contributed by atoms with van der Waals surface area (Å²) in [6, 6.07) is 7.48. The van der Waals surface area contributed by atoms with Crippen LogP contribution in [0.25, 0.3) is 12.2 Å². The van der Waals surface area contributed by atoms with Crippen molar-refractivity contribution in [1.29, 1.82) is 0 Å². The van der Waals surface area contributed by atoms with Crippen LogP contribution in [-0.4, -0.2) is 51.5 Å². The number of rotatable bonds is 10. The second-order valence-corrected chi connectivity index (χ2v) is 6.44. The molecule has 0 saturated heterocycles. The Labute approximate surface area is 173 Å². The van der Waals surface area contributed by atoms with Gasteiger partial charge in [-0.2, -0.15) is 0 Å². The first-order chi connectivity index (χ1) is 14.0. The number of methoxy groups -OCH3 is 4. The SMILES string of the molecule is CCN(CC)Cc1c(/C=C/c2cc(OC)c(OC)c(OC)c2)ccc(OC)c1O. The highest BCUT2D eigenvalue weighted by atomic mass is 16.5. The van der Waals surface area contributed by atoms with Gasteiger partial charge in [0.15, 0.2) is 23.0 Å². The summed E-state index contributed by atoms with van der Waals surface area (Å²) in [5.74, 6) is 2.37. The maximum Gasteiger partial charge on any atom is 0.203 e. The lowest BCUT2D eigenvalue weighted by atomic mass is 10.0. The molecular formula is C23H31NO5. The number of hydrogen-bond donors (Lipinski definition) is 1. The van der Waals surface area contributed by atoms with Gasteiger partial charge in [-0.1, -0.05) is 32.1 Å². The van der Waals surface area contributed by atoms with Crippen LogP contribution in [0.5, 0.6) is 28.7 Å². The van der Waals surface area contributed by atoms with Gasteiger partial charge in [0.05, 0.1) is 28.4 Å². The van der Waals surface area contributed by atoms with Crippen LogP contribution in [0.1, 0.15) is 30.5 Å². The Balaban J connectivity index is 2.48. The number of phenolic OH excluding ortho intramolecular Hbond substituents is 1. The van der Waals surface area contributed by atoms with Gasteiger partial charge in [0, 0.05) is 12.1 Å². The molecule has 0 heterocycles. The molecule has 2 aromatic carbocycles. The lowest BCUT2D eigenvalue weighted by molar-refractivity contribution is 0.287. The lowest BCUT2D eigenvalue weighted by Gasteiger charge is -2.21. The summed E-state index contributed by atoms with van der Waals surface area (Å²) >= 11 is 0. The van der Waals surface area contributed by atoms with Gasteiger partial charge in [0.1, 0.15) is 0 Å². The van der Waals surface area contributed by atoms with Gasteiger partial charge in [-0.05, 0) is 42.4 Å². The number of hydrogen-bond acceptors (Lipinski definition) is 6. The highest BCUT2D eigenvalue weighted by molar-refractivity contribution is 5.75. The number of phenols is 1. The van der Waals surface area contributed by atoms with Crippen molar-refractivity contribution in [3.05, 3.63) is 41.0 Å². The van der Waals surface area contributed by atoms with Crippen molar-refractivity contribution in [2.24, 2.45) is 0 Å². The van der Waals surface area contributed by atoms with Crippen LogP contribution in [0.3, 0.4) is 0 Å². The quantitative estimate of drug-likeness (QED) is 0.594. The fraction of sp³-hybridized carbons (Fsp3) is 0.391. The van der Waals surface area contributed by atoms with E-state index in [0.29, 0.717) is 29.5 Å². The van der Waals surface area contributed by atoms with E-state index in [9.17, 15) is 5.11 Å². The first-order valence-electron chi connectivity index (χ1n) is 9.62. The van der Waals surface area contributed by atoms with Crippen molar-refractivity contribution in [3.8, 4) is 28.7 Å². The fourth-order valence-corrected chi connectivity index (χ4v) is 3.17. The molecule has 0 saturated carbocycles. The van der Waals surface area contributed by atoms with Crippen molar-refractivity contribution in [2.45, 2.75) is 20.4 Å². The summed E-state index contributed by atoms with van der Waals surface area (Å²) in [6.45, 7) is 6.62. The van der Waals surface area contributed by atoms with Crippen molar-refractivity contribution in [1.82, 2.24) is 4.90 Å². The molecule has 158 valence electrons. The van der Waals surface area contributed by atoms with Crippen LogP contribution in [0.4, 0.5) is 0 Å². The Bertz CT molecular complexity index is 818. The van der Waals surface area contributed by atoms with Crippen LogP contribution in [0.2, 0.25) is 0 Å². The van der Waals surface area contributed by atoms with E-state index < -0.39 is 0 Å². The third kappa shape index (κ3) is 5.15. The summed E-state index contributed by atoms with van der Waals surface area (Å²) in [7, 11) is 6.32. The molecule has 0 aliphatic rings. The molecule has 2 aromatic rings. The number of benzene rings is 2. The van der Waals surface area contributed by atoms with E-state index in [-0.39, 0.29) is 5.75 Å². The van der Waals surface area contributed by atoms with Crippen LogP contribution >= 0.6 is 0 Å². The van der Waals surface area contributed by atoms with Crippen molar-refractivity contribution >= 4 is 12.2 Å². The van der Waals surface area contributed by atoms with Gasteiger partial charge in [-0.15, -0.1) is 0 Å². The average molecular weight is 402 g/mol. The van der Waals surface area contributed by atoms with E-state index in [2.05, 4.69) is 18.7 Å². The molecule has 0 aliphatic heterocycles. The average Bonchev–Trinajstić information content (AvgIpc) is 2.76. The zero-order valence-electron chi connectivity index (χ0n) is 18.1. The Morgan fingerprint density at radius 3 is 1.90 bits per heavy atom. The van der Waals surface area contributed by atoms with E-state index in [4.69, 9.17) is 18.9 Å². The van der Waals surface area contributed by atoms with Crippen LogP contribution in [0, 0.1) is 0 Å². The Hall–Kier alpha value is -2.86. The standard InChI is InChI=1S/C23H31NO5/c1-7-24(8-2)15-18-17(11-12-19(26-3)22(18)25)10-9-16-13-20(27-4)23(29-6)21(14-16)28-5/h9-14,25H,7-8,15H2,1-6H3/b10-9+. The number of aromatic hydroxyl groups is 1. The minimum absolute atomic E-state index is 0.173. The Morgan fingerprint density at radius 2 is 1.41 bits per heavy atom. The minimum atomic E-state index is 0.173. The first-order valence-corrected chi connectivity index (χ1v) is 9.62. The molecule has 0 unspecified atom stereocenters. The van der Waals surface area contributed by atoms with E-state index in [0.717, 1.165) is 29.8 Å². The maximum absolute atomic E-state index is 10.7. The van der Waals surface area contributed by atoms with E-state index in [1.54, 1.807) is 34.5 Å². The molecule has 0 aliphatic carbocycles. The Morgan fingerprint density at radius 1 is 0.828 bits per heavy atom. The predicted molar refractivity (Wildman–Crippen MR) is 116 cm³/mol. The van der Waals surface area contributed by atoms with Crippen molar-refractivity contribution in [2.75, 3.05) is 41.5 Å². The monoisotopic (exact) mass is 401 g/mol. The second-order valence-electron chi connectivity index (χ2n) is 6.44. The van der Waals surface area contributed by atoms with Gasteiger partial charge >= 0.3 is 0 Å². The molecule has 0 fully saturated rings. The third-order valence-corrected chi connectivity index (χ3v) is 4.92. The second kappa shape index (κ2) is 10.6. The lowest BCUT2D eigenvalue weighted by Crippen LogP contribution is -2.22. The van der Waals surface area contributed by atoms with Crippen LogP contribution < -0.4 is 18.9 Å². The van der Waals surface area contributed by atoms with Crippen LogP contribution in [0.15, 0.2) is 24.3 Å². The van der Waals surface area contributed by atoms with Crippen molar-refractivity contribution < 1.29 is 24.1 Å². The highest BCUT2D eigenvalue weighted by Crippen LogP contribution is 2.39. The van der Waals surface area contributed by atoms with E-state index >= 15 is 0 Å². The van der Waals surface area contributed by atoms with E-state index in [1.165, 1.54) is 0 Å². The molecule has 1 N–H and O–H groups in total. The summed E-state index contributed by atoms with van der Waals surface area (Å²) in [5, 5.41) is 10.7. The van der Waals surface area contributed by atoms with Gasteiger partial charge in [-0.3, -0.25) is 4.90 Å². The fourth-order valence-electron chi connectivity index (χ4n) is 3.17. The molecule has 0 radical (unpaired) electrons. The summed E-state index contributed by atoms with van der Waals surface area (Å²) in [6.07, 6.45) is 3.93. The minimum Gasteiger partial charge on any atom is -0.504 e. The van der Waals surface area contributed by atoms with Gasteiger partial charge in [-0.25, -0.2) is 0 Å². The normalized spacial score (nSPS) is 11.1. The molecule has 0 aromatic heterocycles. The molecule has 29 heavy (non-hydrogen) atoms. The van der Waals surface area contributed by atoms with Gasteiger partial charge < -0.3 is 24.1 Å². The first kappa shape index (κ1) is 22.4.